The van der Waals surface area contributed by atoms with Gasteiger partial charge in [-0.25, -0.2) is 10.5 Å². The van der Waals surface area contributed by atoms with Gasteiger partial charge in [-0.05, 0) is 18.2 Å². The van der Waals surface area contributed by atoms with Crippen LogP contribution in [0.15, 0.2) is 29.3 Å². The van der Waals surface area contributed by atoms with Crippen molar-refractivity contribution in [3.05, 3.63) is 29.8 Å². The van der Waals surface area contributed by atoms with Crippen LogP contribution in [0.1, 0.15) is 5.56 Å². The molecular weight excluding hydrogens is 211 g/mol. The molecule has 0 aromatic heterocycles. The highest BCUT2D eigenvalue weighted by Crippen LogP contribution is 2.31. The number of aliphatic imine (C=N–C) groups is 1. The van der Waals surface area contributed by atoms with E-state index in [0.717, 1.165) is 12.1 Å². The molecule has 0 atom stereocenters. The van der Waals surface area contributed by atoms with Crippen LogP contribution >= 0.6 is 0 Å². The number of guanidine groups is 1. The number of hydroxylamine groups is 1. The van der Waals surface area contributed by atoms with Crippen LogP contribution < -0.4 is 11.2 Å². The molecule has 1 rings (SSSR count). The van der Waals surface area contributed by atoms with Crippen LogP contribution in [0.25, 0.3) is 0 Å². The first-order valence-corrected chi connectivity index (χ1v) is 3.85. The summed E-state index contributed by atoms with van der Waals surface area (Å²) in [4.78, 5) is 3.49. The number of hydrogen-bond acceptors (Lipinski definition) is 2. The van der Waals surface area contributed by atoms with Crippen LogP contribution in [0.2, 0.25) is 0 Å². The molecule has 0 unspecified atom stereocenters. The second-order valence-electron chi connectivity index (χ2n) is 2.66. The van der Waals surface area contributed by atoms with Crippen molar-refractivity contribution in [1.82, 2.24) is 5.48 Å². The quantitative estimate of drug-likeness (QED) is 0.382. The predicted octanol–water partition coefficient (Wildman–Crippen LogP) is 1.63. The third kappa shape index (κ3) is 3.13. The minimum absolute atomic E-state index is 0.00359. The molecule has 4 nitrogen and oxygen atoms in total. The van der Waals surface area contributed by atoms with E-state index in [1.807, 2.05) is 0 Å². The van der Waals surface area contributed by atoms with Gasteiger partial charge in [-0.15, -0.1) is 0 Å². The molecule has 0 spiro atoms. The van der Waals surface area contributed by atoms with Gasteiger partial charge in [0.2, 0.25) is 5.96 Å². The molecule has 0 saturated heterocycles. The molecule has 0 fully saturated rings. The fourth-order valence-corrected chi connectivity index (χ4v) is 0.916. The fraction of sp³-hybridized carbons (Fsp3) is 0.125. The molecule has 0 aliphatic rings. The molecule has 15 heavy (non-hydrogen) atoms. The van der Waals surface area contributed by atoms with Crippen molar-refractivity contribution >= 4 is 11.6 Å². The molecule has 0 bridgehead atoms. The maximum atomic E-state index is 12.2. The Kier molecular flexibility index (Phi) is 3.15. The number of nitrogens with two attached hydrogens (primary N) is 1. The third-order valence-corrected chi connectivity index (χ3v) is 1.54. The minimum Gasteiger partial charge on any atom is -0.368 e. The number of benzene rings is 1. The van der Waals surface area contributed by atoms with Gasteiger partial charge in [0.15, 0.2) is 0 Å². The first kappa shape index (κ1) is 11.3. The van der Waals surface area contributed by atoms with Gasteiger partial charge in [0.05, 0.1) is 11.3 Å². The Hall–Kier alpha value is -1.76. The Balaban J connectivity index is 3.04. The number of rotatable bonds is 1. The van der Waals surface area contributed by atoms with Gasteiger partial charge < -0.3 is 5.73 Å². The number of hydrogen-bond donors (Lipinski definition) is 3. The largest absolute Gasteiger partial charge is 0.416 e. The van der Waals surface area contributed by atoms with E-state index in [4.69, 9.17) is 10.9 Å². The van der Waals surface area contributed by atoms with Gasteiger partial charge in [-0.2, -0.15) is 13.2 Å². The first-order chi connectivity index (χ1) is 6.93. The van der Waals surface area contributed by atoms with Gasteiger partial charge in [0, 0.05) is 0 Å². The minimum atomic E-state index is -4.42. The topological polar surface area (TPSA) is 70.6 Å². The van der Waals surface area contributed by atoms with Gasteiger partial charge in [-0.1, -0.05) is 6.07 Å². The van der Waals surface area contributed by atoms with Crippen LogP contribution in [-0.2, 0) is 6.18 Å². The summed E-state index contributed by atoms with van der Waals surface area (Å²) in [5.74, 6) is -0.380. The number of nitrogens with one attached hydrogen (secondary N) is 1. The highest BCUT2D eigenvalue weighted by Gasteiger charge is 2.30. The van der Waals surface area contributed by atoms with Crippen LogP contribution in [0, 0.1) is 0 Å². The maximum Gasteiger partial charge on any atom is 0.416 e. The van der Waals surface area contributed by atoms with Crippen molar-refractivity contribution in [3.8, 4) is 0 Å². The molecule has 1 aromatic rings. The van der Waals surface area contributed by atoms with Crippen LogP contribution in [0.3, 0.4) is 0 Å². The summed E-state index contributed by atoms with van der Waals surface area (Å²) in [5, 5.41) is 8.30. The Morgan fingerprint density at radius 2 is 2.07 bits per heavy atom. The molecule has 4 N–H and O–H groups in total. The number of halogens is 3. The summed E-state index contributed by atoms with van der Waals surface area (Å²) < 4.78 is 36.7. The summed E-state index contributed by atoms with van der Waals surface area (Å²) in [6, 6.07) is 4.28. The highest BCUT2D eigenvalue weighted by molar-refractivity contribution is 5.79. The molecule has 0 radical (unpaired) electrons. The molecule has 0 saturated carbocycles. The lowest BCUT2D eigenvalue weighted by atomic mass is 10.2. The second kappa shape index (κ2) is 4.18. The molecule has 0 amide bonds. The van der Waals surface area contributed by atoms with E-state index in [1.165, 1.54) is 17.6 Å². The second-order valence-corrected chi connectivity index (χ2v) is 2.66. The van der Waals surface area contributed by atoms with E-state index in [-0.39, 0.29) is 11.6 Å². The summed E-state index contributed by atoms with van der Waals surface area (Å²) in [5.41, 5.74) is 5.77. The van der Waals surface area contributed by atoms with E-state index >= 15 is 0 Å². The zero-order valence-electron chi connectivity index (χ0n) is 7.42. The lowest BCUT2D eigenvalue weighted by Crippen LogP contribution is -2.27. The van der Waals surface area contributed by atoms with E-state index in [0.29, 0.717) is 0 Å². The Labute approximate surface area is 83.2 Å². The molecule has 0 heterocycles. The lowest BCUT2D eigenvalue weighted by molar-refractivity contribution is -0.137. The molecule has 82 valence electrons. The summed E-state index contributed by atoms with van der Waals surface area (Å²) in [7, 11) is 0. The van der Waals surface area contributed by atoms with Crippen molar-refractivity contribution in [2.24, 2.45) is 10.7 Å². The Morgan fingerprint density at radius 1 is 1.40 bits per heavy atom. The lowest BCUT2D eigenvalue weighted by Gasteiger charge is -2.06. The fourth-order valence-electron chi connectivity index (χ4n) is 0.916. The van der Waals surface area contributed by atoms with E-state index < -0.39 is 11.7 Å². The van der Waals surface area contributed by atoms with E-state index in [1.54, 1.807) is 0 Å². The van der Waals surface area contributed by atoms with Crippen molar-refractivity contribution in [2.75, 3.05) is 0 Å². The van der Waals surface area contributed by atoms with Gasteiger partial charge in [0.25, 0.3) is 0 Å². The van der Waals surface area contributed by atoms with Crippen molar-refractivity contribution in [3.63, 3.8) is 0 Å². The van der Waals surface area contributed by atoms with E-state index in [9.17, 15) is 13.2 Å². The van der Waals surface area contributed by atoms with Crippen molar-refractivity contribution < 1.29 is 18.4 Å². The normalized spacial score (nSPS) is 12.7. The molecule has 0 aliphatic heterocycles. The SMILES string of the molecule is NC(=Nc1cccc(C(F)(F)F)c1)NO. The summed E-state index contributed by atoms with van der Waals surface area (Å²) >= 11 is 0. The average Bonchev–Trinajstić information content (AvgIpc) is 2.17. The molecule has 1 aromatic carbocycles. The zero-order chi connectivity index (χ0) is 11.5. The zero-order valence-corrected chi connectivity index (χ0v) is 7.42. The van der Waals surface area contributed by atoms with Crippen LogP contribution in [-0.4, -0.2) is 11.2 Å². The highest BCUT2D eigenvalue weighted by atomic mass is 19.4. The summed E-state index contributed by atoms with van der Waals surface area (Å²) in [6.45, 7) is 0. The van der Waals surface area contributed by atoms with Crippen LogP contribution in [0.4, 0.5) is 18.9 Å². The molecule has 7 heteroatoms. The van der Waals surface area contributed by atoms with Gasteiger partial charge in [0.1, 0.15) is 0 Å². The summed E-state index contributed by atoms with van der Waals surface area (Å²) in [6.07, 6.45) is -4.42. The number of nitrogens with zero attached hydrogens (tertiary/aromatic N) is 1. The average molecular weight is 219 g/mol. The van der Waals surface area contributed by atoms with Gasteiger partial charge >= 0.3 is 6.18 Å². The van der Waals surface area contributed by atoms with Crippen molar-refractivity contribution in [1.29, 1.82) is 0 Å². The Bertz CT molecular complexity index is 376. The first-order valence-electron chi connectivity index (χ1n) is 3.85. The third-order valence-electron chi connectivity index (χ3n) is 1.54. The standard InChI is InChI=1S/C8H8F3N3O/c9-8(10,11)5-2-1-3-6(4-5)13-7(12)14-15/h1-4,15H,(H3,12,13,14). The van der Waals surface area contributed by atoms with Crippen molar-refractivity contribution in [2.45, 2.75) is 6.18 Å². The van der Waals surface area contributed by atoms with Crippen LogP contribution in [0.5, 0.6) is 0 Å². The van der Waals surface area contributed by atoms with Gasteiger partial charge in [-0.3, -0.25) is 5.21 Å². The monoisotopic (exact) mass is 219 g/mol. The predicted molar refractivity (Wildman–Crippen MR) is 47.6 cm³/mol. The smallest absolute Gasteiger partial charge is 0.368 e. The molecular formula is C8H8F3N3O. The molecule has 0 aliphatic carbocycles. The van der Waals surface area contributed by atoms with E-state index in [2.05, 4.69) is 4.99 Å². The Morgan fingerprint density at radius 3 is 2.60 bits per heavy atom. The number of alkyl halides is 3. The maximum absolute atomic E-state index is 12.2.